The molecule has 7 saturated carbocycles. The Morgan fingerprint density at radius 3 is 1.55 bits per heavy atom. The molecule has 3 amide bonds. The average molecular weight is 1010 g/mol. The first-order valence-corrected chi connectivity index (χ1v) is 28.2. The third-order valence-corrected chi connectivity index (χ3v) is 19.2. The van der Waals surface area contributed by atoms with E-state index in [1.165, 1.54) is 43.2 Å². The molecule has 12 rings (SSSR count). The van der Waals surface area contributed by atoms with Crippen molar-refractivity contribution < 1.29 is 47.2 Å². The molecule has 10 fully saturated rings. The summed E-state index contributed by atoms with van der Waals surface area (Å²) in [6.45, 7) is 24.8. The van der Waals surface area contributed by atoms with Crippen LogP contribution < -0.4 is 10.6 Å². The predicted octanol–water partition coefficient (Wildman–Crippen LogP) is 11.2. The summed E-state index contributed by atoms with van der Waals surface area (Å²) in [4.78, 5) is 40.5. The molecule has 3 aliphatic heterocycles. The van der Waals surface area contributed by atoms with Gasteiger partial charge in [-0.1, -0.05) is 107 Å². The van der Waals surface area contributed by atoms with Gasteiger partial charge in [-0.05, 0) is 171 Å². The topological polar surface area (TPSA) is 143 Å². The van der Waals surface area contributed by atoms with Crippen LogP contribution in [0.2, 0.25) is 0 Å². The number of nitrogens with zero attached hydrogens (tertiary/aromatic N) is 1. The Balaban J connectivity index is 0.000000183. The van der Waals surface area contributed by atoms with Crippen LogP contribution >= 0.6 is 0 Å². The molecule has 73 heavy (non-hydrogen) atoms. The summed E-state index contributed by atoms with van der Waals surface area (Å²) in [6, 6.07) is 16.6. The van der Waals surface area contributed by atoms with Crippen molar-refractivity contribution in [3.63, 3.8) is 0 Å². The van der Waals surface area contributed by atoms with Gasteiger partial charge in [0, 0.05) is 6.54 Å². The van der Waals surface area contributed by atoms with E-state index < -0.39 is 31.9 Å². The minimum absolute atomic E-state index is 0.0252. The highest BCUT2D eigenvalue weighted by molar-refractivity contribution is 6.48. The number of nitrogens with one attached hydrogen (secondary N) is 2. The van der Waals surface area contributed by atoms with Crippen LogP contribution in [0.3, 0.4) is 0 Å². The van der Waals surface area contributed by atoms with Crippen LogP contribution in [0.15, 0.2) is 48.5 Å². The summed E-state index contributed by atoms with van der Waals surface area (Å²) in [5.74, 6) is 2.08. The largest absolute Gasteiger partial charge is 0.482 e. The zero-order chi connectivity index (χ0) is 52.1. The highest BCUT2D eigenvalue weighted by Crippen LogP contribution is 2.67. The molecule has 2 aromatic rings. The van der Waals surface area contributed by atoms with E-state index in [9.17, 15) is 14.4 Å². The van der Waals surface area contributed by atoms with E-state index in [-0.39, 0.29) is 59.6 Å². The lowest BCUT2D eigenvalue weighted by Gasteiger charge is -2.64. The number of benzene rings is 2. The maximum atomic E-state index is 13.2. The average Bonchev–Trinajstić information content (AvgIpc) is 3.90. The van der Waals surface area contributed by atoms with Gasteiger partial charge >= 0.3 is 32.5 Å². The molecule has 4 bridgehead atoms. The summed E-state index contributed by atoms with van der Waals surface area (Å²) < 4.78 is 43.5. The molecule has 2 aromatic carbocycles. The highest BCUT2D eigenvalue weighted by atomic mass is 16.7. The fourth-order valence-corrected chi connectivity index (χ4v) is 14.4. The van der Waals surface area contributed by atoms with Gasteiger partial charge in [-0.3, -0.25) is 0 Å². The molecule has 15 heteroatoms. The first-order valence-electron chi connectivity index (χ1n) is 28.2. The van der Waals surface area contributed by atoms with Crippen LogP contribution in [0.4, 0.5) is 14.4 Å². The van der Waals surface area contributed by atoms with Crippen LogP contribution in [-0.2, 0) is 45.7 Å². The van der Waals surface area contributed by atoms with Gasteiger partial charge in [-0.2, -0.15) is 0 Å². The number of likely N-dealkylation sites (tertiary alicyclic amines) is 1. The SMILES string of the molecule is Cc1ccc(C[C@H](NC(=O)OCC2CCCCC2)B2O[C@@H]3C[C@@H]4C[C@@H](C4(C)C)[C@]3(C)O2)cc1.Cc1ccc(C[C@H](NC(=O)OC[C@H]2CCCCN2C(=O)OC(C)(C)C)B2O[C@@H]3C[C@@H]4C[C@@H](C4(C)C)[C@]3(C)O2)cc1. The summed E-state index contributed by atoms with van der Waals surface area (Å²) in [5, 5.41) is 6.20. The van der Waals surface area contributed by atoms with Crippen molar-refractivity contribution in [3.05, 3.63) is 70.8 Å². The number of hydrogen-bond donors (Lipinski definition) is 2. The maximum absolute atomic E-state index is 13.2. The number of ether oxygens (including phenoxy) is 3. The Morgan fingerprint density at radius 1 is 0.644 bits per heavy atom. The van der Waals surface area contributed by atoms with Crippen LogP contribution in [0.5, 0.6) is 0 Å². The summed E-state index contributed by atoms with van der Waals surface area (Å²) in [7, 11) is -1.02. The van der Waals surface area contributed by atoms with Gasteiger partial charge in [0.15, 0.2) is 0 Å². The second-order valence-electron chi connectivity index (χ2n) is 26.1. The summed E-state index contributed by atoms with van der Waals surface area (Å²) in [5.41, 5.74) is 3.97. The normalized spacial score (nSPS) is 32.5. The van der Waals surface area contributed by atoms with E-state index in [4.69, 9.17) is 32.8 Å². The van der Waals surface area contributed by atoms with Gasteiger partial charge < -0.3 is 48.4 Å². The molecule has 0 aromatic heterocycles. The van der Waals surface area contributed by atoms with Crippen molar-refractivity contribution in [1.29, 1.82) is 0 Å². The van der Waals surface area contributed by atoms with Crippen molar-refractivity contribution >= 4 is 32.5 Å². The molecule has 2 N–H and O–H groups in total. The summed E-state index contributed by atoms with van der Waals surface area (Å²) >= 11 is 0. The zero-order valence-electron chi connectivity index (χ0n) is 46.1. The quantitative estimate of drug-likeness (QED) is 0.156. The fraction of sp³-hybridized carbons (Fsp3) is 0.741. The molecule has 13 nitrogen and oxygen atoms in total. The number of rotatable bonds is 12. The Hall–Kier alpha value is -3.78. The van der Waals surface area contributed by atoms with Gasteiger partial charge in [-0.25, -0.2) is 14.4 Å². The molecule has 0 unspecified atom stereocenters. The smallest absolute Gasteiger partial charge is 0.449 e. The van der Waals surface area contributed by atoms with Crippen molar-refractivity contribution in [2.75, 3.05) is 19.8 Å². The molecule has 10 aliphatic rings. The molecule has 3 heterocycles. The first kappa shape index (κ1) is 54.0. The number of alkyl carbamates (subject to hydrolysis) is 2. The summed E-state index contributed by atoms with van der Waals surface area (Å²) in [6.07, 6.45) is 13.3. The molecule has 0 spiro atoms. The van der Waals surface area contributed by atoms with Crippen molar-refractivity contribution in [2.24, 2.45) is 40.4 Å². The van der Waals surface area contributed by atoms with Crippen LogP contribution in [0, 0.1) is 54.3 Å². The lowest BCUT2D eigenvalue weighted by atomic mass is 9.43. The van der Waals surface area contributed by atoms with Gasteiger partial charge in [0.2, 0.25) is 0 Å². The lowest BCUT2D eigenvalue weighted by Crippen LogP contribution is -2.65. The number of piperidine rings is 1. The molecular formula is C58H87B2N3O10. The first-order chi connectivity index (χ1) is 34.5. The van der Waals surface area contributed by atoms with Crippen LogP contribution in [0.1, 0.15) is 162 Å². The number of aryl methyl sites for hydroxylation is 2. The highest BCUT2D eigenvalue weighted by Gasteiger charge is 2.70. The van der Waals surface area contributed by atoms with Crippen LogP contribution in [0.25, 0.3) is 0 Å². The number of hydrogen-bond acceptors (Lipinski definition) is 10. The minimum atomic E-state index is -0.578. The monoisotopic (exact) mass is 1010 g/mol. The Labute approximate surface area is 437 Å². The Kier molecular flexibility index (Phi) is 15.8. The van der Waals surface area contributed by atoms with E-state index in [1.54, 1.807) is 4.90 Å². The van der Waals surface area contributed by atoms with E-state index >= 15 is 0 Å². The van der Waals surface area contributed by atoms with E-state index in [0.717, 1.165) is 56.1 Å². The van der Waals surface area contributed by atoms with Gasteiger partial charge in [0.25, 0.3) is 0 Å². The Bertz CT molecular complexity index is 2250. The van der Waals surface area contributed by atoms with Crippen molar-refractivity contribution in [1.82, 2.24) is 15.5 Å². The van der Waals surface area contributed by atoms with Gasteiger partial charge in [0.05, 0.1) is 47.9 Å². The standard InChI is InChI=1S/C31H47BN2O6.C27H40BNO4/c1-20-11-13-21(14-12-20)16-26(32-39-25-18-22-17-24(30(22,5)6)31(25,7)40-32)33-27(35)37-19-23-10-8-9-15-34(23)28(36)38-29(2,3)4;1-18-10-12-19(13-11-18)14-24(29-25(30)31-17-20-8-6-5-7-9-20)28-32-23-16-21-15-22(26(21,2)3)27(23,4)33-28/h11-14,22-26H,8-10,15-19H2,1-7H3,(H,33,35);10-13,20-24H,5-9,14-17H2,1-4H3,(H,29,30)/t22-,23+,24-,25+,26-,31-;21-,22-,23+,24-,27-/m00/s1. The van der Waals surface area contributed by atoms with Gasteiger partial charge in [-0.15, -0.1) is 0 Å². The van der Waals surface area contributed by atoms with Crippen molar-refractivity contribution in [3.8, 4) is 0 Å². The van der Waals surface area contributed by atoms with E-state index in [1.807, 2.05) is 20.8 Å². The molecule has 3 saturated heterocycles. The van der Waals surface area contributed by atoms with E-state index in [2.05, 4.69) is 115 Å². The molecule has 11 atom stereocenters. The molecule has 400 valence electrons. The van der Waals surface area contributed by atoms with Crippen LogP contribution in [-0.4, -0.2) is 104 Å². The predicted molar refractivity (Wildman–Crippen MR) is 284 cm³/mol. The fourth-order valence-electron chi connectivity index (χ4n) is 14.4. The van der Waals surface area contributed by atoms with E-state index in [0.29, 0.717) is 61.0 Å². The van der Waals surface area contributed by atoms with Gasteiger partial charge in [0.1, 0.15) is 12.2 Å². The third kappa shape index (κ3) is 11.7. The molecule has 0 radical (unpaired) electrons. The second-order valence-corrected chi connectivity index (χ2v) is 26.1. The third-order valence-electron chi connectivity index (χ3n) is 19.2. The number of carbonyl (C=O) groups is 3. The zero-order valence-corrected chi connectivity index (χ0v) is 46.1. The lowest BCUT2D eigenvalue weighted by molar-refractivity contribution is -0.199. The number of carbonyl (C=O) groups excluding carboxylic acids is 3. The number of amides is 3. The van der Waals surface area contributed by atoms with Crippen molar-refractivity contribution in [2.45, 2.75) is 213 Å². The second kappa shape index (κ2) is 21.3. The minimum Gasteiger partial charge on any atom is -0.449 e. The Morgan fingerprint density at radius 2 is 1.10 bits per heavy atom. The molecular weight excluding hydrogens is 920 g/mol. The molecule has 7 aliphatic carbocycles. The maximum Gasteiger partial charge on any atom is 0.482 e.